The Morgan fingerprint density at radius 1 is 1.12 bits per heavy atom. The van der Waals surface area contributed by atoms with Crippen LogP contribution in [0.1, 0.15) is 42.5 Å². The van der Waals surface area contributed by atoms with E-state index in [4.69, 9.17) is 4.74 Å². The minimum absolute atomic E-state index is 0.122. The van der Waals surface area contributed by atoms with Crippen molar-refractivity contribution in [1.82, 2.24) is 0 Å². The molecule has 0 radical (unpaired) electrons. The molecule has 1 saturated carbocycles. The van der Waals surface area contributed by atoms with Gasteiger partial charge in [-0.15, -0.1) is 0 Å². The zero-order valence-electron chi connectivity index (χ0n) is 9.77. The number of ether oxygens (including phenoxy) is 1. The lowest BCUT2D eigenvalue weighted by Gasteiger charge is -2.15. The number of alkyl halides is 1. The van der Waals surface area contributed by atoms with Gasteiger partial charge in [-0.3, -0.25) is 0 Å². The zero-order valence-corrected chi connectivity index (χ0v) is 9.77. The van der Waals surface area contributed by atoms with Gasteiger partial charge in [0.2, 0.25) is 0 Å². The van der Waals surface area contributed by atoms with E-state index in [1.54, 1.807) is 24.3 Å². The molecule has 1 aliphatic rings. The van der Waals surface area contributed by atoms with E-state index < -0.39 is 6.17 Å². The molecule has 0 spiro atoms. The standard InChI is InChI=1S/C14H17FO2/c15-12-7-4-8-13(10-9-12)17-14(16)11-5-2-1-3-6-11/h1-3,5-6,12-13H,4,7-10H2/t12-,13-/m1/s1. The lowest BCUT2D eigenvalue weighted by Crippen LogP contribution is -2.17. The Labute approximate surface area is 101 Å². The molecule has 2 nitrogen and oxygen atoms in total. The number of esters is 1. The number of hydrogen-bond donors (Lipinski definition) is 0. The largest absolute Gasteiger partial charge is 0.459 e. The second kappa shape index (κ2) is 5.80. The second-order valence-electron chi connectivity index (χ2n) is 4.50. The van der Waals surface area contributed by atoms with Crippen LogP contribution in [-0.4, -0.2) is 18.2 Å². The highest BCUT2D eigenvalue weighted by molar-refractivity contribution is 5.89. The molecule has 0 heterocycles. The predicted molar refractivity (Wildman–Crippen MR) is 63.6 cm³/mol. The van der Waals surface area contributed by atoms with E-state index in [1.165, 1.54) is 0 Å². The average Bonchev–Trinajstić information content (AvgIpc) is 2.56. The van der Waals surface area contributed by atoms with Crippen molar-refractivity contribution in [3.63, 3.8) is 0 Å². The molecular weight excluding hydrogens is 219 g/mol. The number of carbonyl (C=O) groups excluding carboxylic acids is 1. The first-order valence-electron chi connectivity index (χ1n) is 6.16. The summed E-state index contributed by atoms with van der Waals surface area (Å²) in [6, 6.07) is 8.94. The Morgan fingerprint density at radius 2 is 1.88 bits per heavy atom. The minimum Gasteiger partial charge on any atom is -0.459 e. The van der Waals surface area contributed by atoms with E-state index in [0.717, 1.165) is 12.8 Å². The van der Waals surface area contributed by atoms with Crippen LogP contribution in [-0.2, 0) is 4.74 Å². The van der Waals surface area contributed by atoms with E-state index in [1.807, 2.05) is 6.07 Å². The number of carbonyl (C=O) groups is 1. The van der Waals surface area contributed by atoms with Crippen LogP contribution in [0.15, 0.2) is 30.3 Å². The Bertz CT molecular complexity index is 364. The van der Waals surface area contributed by atoms with Gasteiger partial charge in [0, 0.05) is 0 Å². The van der Waals surface area contributed by atoms with Crippen LogP contribution in [0.3, 0.4) is 0 Å². The van der Waals surface area contributed by atoms with E-state index in [0.29, 0.717) is 24.8 Å². The number of rotatable bonds is 2. The fourth-order valence-electron chi connectivity index (χ4n) is 2.13. The van der Waals surface area contributed by atoms with Gasteiger partial charge in [0.05, 0.1) is 5.56 Å². The third kappa shape index (κ3) is 3.55. The monoisotopic (exact) mass is 236 g/mol. The van der Waals surface area contributed by atoms with Crippen molar-refractivity contribution in [2.75, 3.05) is 0 Å². The molecule has 1 fully saturated rings. The molecule has 1 aromatic rings. The first kappa shape index (κ1) is 12.1. The Morgan fingerprint density at radius 3 is 2.65 bits per heavy atom. The molecule has 0 aromatic heterocycles. The zero-order chi connectivity index (χ0) is 12.1. The smallest absolute Gasteiger partial charge is 0.338 e. The Balaban J connectivity index is 1.90. The van der Waals surface area contributed by atoms with Crippen LogP contribution in [0.5, 0.6) is 0 Å². The number of halogens is 1. The van der Waals surface area contributed by atoms with Gasteiger partial charge < -0.3 is 4.74 Å². The van der Waals surface area contributed by atoms with Crippen molar-refractivity contribution in [3.8, 4) is 0 Å². The van der Waals surface area contributed by atoms with Gasteiger partial charge in [-0.2, -0.15) is 0 Å². The van der Waals surface area contributed by atoms with Crippen LogP contribution in [0.25, 0.3) is 0 Å². The first-order chi connectivity index (χ1) is 8.25. The van der Waals surface area contributed by atoms with Gasteiger partial charge in [-0.05, 0) is 44.2 Å². The molecule has 0 amide bonds. The highest BCUT2D eigenvalue weighted by atomic mass is 19.1. The van der Waals surface area contributed by atoms with E-state index in [2.05, 4.69) is 0 Å². The van der Waals surface area contributed by atoms with E-state index >= 15 is 0 Å². The maximum atomic E-state index is 13.1. The highest BCUT2D eigenvalue weighted by Crippen LogP contribution is 2.23. The molecule has 0 unspecified atom stereocenters. The molecule has 0 bridgehead atoms. The molecule has 0 N–H and O–H groups in total. The van der Waals surface area contributed by atoms with Crippen LogP contribution >= 0.6 is 0 Å². The molecular formula is C14H17FO2. The van der Waals surface area contributed by atoms with Gasteiger partial charge in [0.25, 0.3) is 0 Å². The van der Waals surface area contributed by atoms with Gasteiger partial charge in [0.1, 0.15) is 12.3 Å². The molecule has 92 valence electrons. The SMILES string of the molecule is O=C(O[C@@H]1CCC[C@@H](F)CC1)c1ccccc1. The third-order valence-electron chi connectivity index (χ3n) is 3.13. The Kier molecular flexibility index (Phi) is 4.13. The Hall–Kier alpha value is -1.38. The summed E-state index contributed by atoms with van der Waals surface area (Å²) in [6.45, 7) is 0. The first-order valence-corrected chi connectivity index (χ1v) is 6.16. The molecule has 0 aliphatic heterocycles. The van der Waals surface area contributed by atoms with E-state index in [-0.39, 0.29) is 12.1 Å². The molecule has 1 aliphatic carbocycles. The van der Waals surface area contributed by atoms with Crippen molar-refractivity contribution in [3.05, 3.63) is 35.9 Å². The maximum Gasteiger partial charge on any atom is 0.338 e. The lowest BCUT2D eigenvalue weighted by molar-refractivity contribution is 0.0263. The van der Waals surface area contributed by atoms with Crippen LogP contribution in [0, 0.1) is 0 Å². The molecule has 1 aromatic carbocycles. The third-order valence-corrected chi connectivity index (χ3v) is 3.13. The maximum absolute atomic E-state index is 13.1. The summed E-state index contributed by atoms with van der Waals surface area (Å²) >= 11 is 0. The van der Waals surface area contributed by atoms with Crippen molar-refractivity contribution < 1.29 is 13.9 Å². The van der Waals surface area contributed by atoms with Gasteiger partial charge >= 0.3 is 5.97 Å². The summed E-state index contributed by atoms with van der Waals surface area (Å²) in [5.74, 6) is -0.298. The summed E-state index contributed by atoms with van der Waals surface area (Å²) < 4.78 is 18.5. The summed E-state index contributed by atoms with van der Waals surface area (Å²) in [7, 11) is 0. The highest BCUT2D eigenvalue weighted by Gasteiger charge is 2.21. The van der Waals surface area contributed by atoms with Crippen molar-refractivity contribution >= 4 is 5.97 Å². The minimum atomic E-state index is -0.726. The summed E-state index contributed by atoms with van der Waals surface area (Å²) in [5.41, 5.74) is 0.563. The molecule has 17 heavy (non-hydrogen) atoms. The van der Waals surface area contributed by atoms with Crippen LogP contribution in [0.2, 0.25) is 0 Å². The topological polar surface area (TPSA) is 26.3 Å². The summed E-state index contributed by atoms with van der Waals surface area (Å²) in [5, 5.41) is 0. The fraction of sp³-hybridized carbons (Fsp3) is 0.500. The van der Waals surface area contributed by atoms with Gasteiger partial charge in [-0.1, -0.05) is 18.2 Å². The van der Waals surface area contributed by atoms with Crippen molar-refractivity contribution in [2.45, 2.75) is 44.4 Å². The van der Waals surface area contributed by atoms with E-state index in [9.17, 15) is 9.18 Å². The van der Waals surface area contributed by atoms with Gasteiger partial charge in [-0.25, -0.2) is 9.18 Å². The predicted octanol–water partition coefficient (Wildman–Crippen LogP) is 3.51. The number of benzene rings is 1. The average molecular weight is 236 g/mol. The number of hydrogen-bond acceptors (Lipinski definition) is 2. The molecule has 2 rings (SSSR count). The molecule has 2 atom stereocenters. The fourth-order valence-corrected chi connectivity index (χ4v) is 2.13. The summed E-state index contributed by atoms with van der Waals surface area (Å²) in [6.07, 6.45) is 2.47. The summed E-state index contributed by atoms with van der Waals surface area (Å²) in [4.78, 5) is 11.8. The quantitative estimate of drug-likeness (QED) is 0.580. The van der Waals surface area contributed by atoms with Crippen LogP contribution < -0.4 is 0 Å². The molecule has 0 saturated heterocycles. The second-order valence-corrected chi connectivity index (χ2v) is 4.50. The molecule has 3 heteroatoms. The van der Waals surface area contributed by atoms with Crippen LogP contribution in [0.4, 0.5) is 4.39 Å². The van der Waals surface area contributed by atoms with Crippen molar-refractivity contribution in [2.24, 2.45) is 0 Å². The van der Waals surface area contributed by atoms with Gasteiger partial charge in [0.15, 0.2) is 0 Å². The lowest BCUT2D eigenvalue weighted by atomic mass is 10.1. The normalized spacial score (nSPS) is 25.0. The van der Waals surface area contributed by atoms with Crippen molar-refractivity contribution in [1.29, 1.82) is 0 Å².